The fourth-order valence-electron chi connectivity index (χ4n) is 2.02. The molecule has 166 valence electrons. The minimum atomic E-state index is -4.75. The van der Waals surface area contributed by atoms with Gasteiger partial charge in [-0.25, -0.2) is 17.2 Å². The zero-order valence-corrected chi connectivity index (χ0v) is 15.6. The molecule has 0 heterocycles. The summed E-state index contributed by atoms with van der Waals surface area (Å²) in [6, 6.07) is 9.25. The molecule has 0 spiro atoms. The Morgan fingerprint density at radius 2 is 1.40 bits per heavy atom. The third kappa shape index (κ3) is 6.97. The normalized spacial score (nSPS) is 12.7. The van der Waals surface area contributed by atoms with Crippen LogP contribution < -0.4 is 14.2 Å². The Kier molecular flexibility index (Phi) is 7.06. The van der Waals surface area contributed by atoms with Crippen molar-refractivity contribution in [3.8, 4) is 11.5 Å². The minimum Gasteiger partial charge on any atom is -0.487 e. The van der Waals surface area contributed by atoms with E-state index in [0.717, 1.165) is 18.2 Å². The van der Waals surface area contributed by atoms with Gasteiger partial charge in [0.05, 0.1) is 10.6 Å². The molecule has 1 N–H and O–H groups in total. The number of nitrogens with one attached hydrogen (secondary N) is 1. The Balaban J connectivity index is 2.31. The average Bonchev–Trinajstić information content (AvgIpc) is 2.64. The molecule has 0 saturated heterocycles. The lowest BCUT2D eigenvalue weighted by Gasteiger charge is -2.18. The Bertz CT molecular complexity index is 950. The van der Waals surface area contributed by atoms with E-state index in [1.54, 1.807) is 6.07 Å². The Morgan fingerprint density at radius 1 is 0.867 bits per heavy atom. The fraction of sp³-hybridized carbons (Fsp3) is 0.294. The van der Waals surface area contributed by atoms with Crippen molar-refractivity contribution in [1.29, 1.82) is 0 Å². The maximum absolute atomic E-state index is 13.1. The second-order valence-electron chi connectivity index (χ2n) is 5.87. The van der Waals surface area contributed by atoms with E-state index >= 15 is 0 Å². The van der Waals surface area contributed by atoms with Crippen LogP contribution in [0.25, 0.3) is 0 Å². The van der Waals surface area contributed by atoms with E-state index in [4.69, 9.17) is 0 Å². The molecule has 0 aliphatic heterocycles. The molecular weight excluding hydrogens is 447 g/mol. The van der Waals surface area contributed by atoms with Gasteiger partial charge < -0.3 is 9.47 Å². The van der Waals surface area contributed by atoms with Crippen LogP contribution >= 0.6 is 0 Å². The molecule has 0 saturated carbocycles. The first kappa shape index (κ1) is 23.6. The van der Waals surface area contributed by atoms with Gasteiger partial charge in [0.15, 0.2) is 13.2 Å². The molecule has 0 atom stereocenters. The number of rotatable bonds is 9. The number of ether oxygens (including phenoxy) is 2. The zero-order chi connectivity index (χ0) is 22.6. The van der Waals surface area contributed by atoms with Crippen molar-refractivity contribution in [1.82, 2.24) is 0 Å². The molecule has 0 fully saturated rings. The third-order valence-electron chi connectivity index (χ3n) is 3.34. The van der Waals surface area contributed by atoms with Crippen LogP contribution in [0.5, 0.6) is 11.5 Å². The number of sulfonamides is 1. The van der Waals surface area contributed by atoms with E-state index in [0.29, 0.717) is 0 Å². The summed E-state index contributed by atoms with van der Waals surface area (Å²) in [7, 11) is -4.20. The first-order chi connectivity index (χ1) is 13.8. The molecule has 0 aromatic heterocycles. The maximum atomic E-state index is 13.1. The largest absolute Gasteiger partial charge is 0.487 e. The molecule has 0 unspecified atom stereocenters. The average molecular weight is 461 g/mol. The quantitative estimate of drug-likeness (QED) is 0.550. The molecule has 5 nitrogen and oxygen atoms in total. The molecule has 13 heteroatoms. The second kappa shape index (κ2) is 8.98. The van der Waals surface area contributed by atoms with Gasteiger partial charge in [0.2, 0.25) is 0 Å². The van der Waals surface area contributed by atoms with Crippen LogP contribution in [0.15, 0.2) is 53.4 Å². The topological polar surface area (TPSA) is 64.6 Å². The summed E-state index contributed by atoms with van der Waals surface area (Å²) in [4.78, 5) is -0.196. The van der Waals surface area contributed by atoms with Crippen LogP contribution in [0, 0.1) is 0 Å². The van der Waals surface area contributed by atoms with Gasteiger partial charge in [-0.2, -0.15) is 22.0 Å². The summed E-state index contributed by atoms with van der Waals surface area (Å²) in [6.45, 7) is -3.56. The highest BCUT2D eigenvalue weighted by molar-refractivity contribution is 7.92. The molecule has 2 rings (SSSR count). The lowest BCUT2D eigenvalue weighted by atomic mass is 10.3. The number of hydrogen-bond acceptors (Lipinski definition) is 4. The monoisotopic (exact) mass is 461 g/mol. The maximum Gasteiger partial charge on any atom is 0.422 e. The van der Waals surface area contributed by atoms with E-state index in [2.05, 4.69) is 9.47 Å². The first-order valence-electron chi connectivity index (χ1n) is 8.00. The summed E-state index contributed by atoms with van der Waals surface area (Å²) in [5.41, 5.74) is -0.395. The Hall–Kier alpha value is -2.70. The SMILES string of the molecule is O=S(=O)(Nc1cc(OCC(F)(F)F)cc(OCC(F)(F)C(F)F)c1)c1ccccc1. The van der Waals surface area contributed by atoms with Gasteiger partial charge in [0, 0.05) is 18.2 Å². The van der Waals surface area contributed by atoms with E-state index in [-0.39, 0.29) is 4.90 Å². The summed E-state index contributed by atoms with van der Waals surface area (Å²) >= 11 is 0. The van der Waals surface area contributed by atoms with Gasteiger partial charge in [-0.3, -0.25) is 4.72 Å². The van der Waals surface area contributed by atoms with Gasteiger partial charge in [-0.15, -0.1) is 0 Å². The highest BCUT2D eigenvalue weighted by Crippen LogP contribution is 2.31. The first-order valence-corrected chi connectivity index (χ1v) is 9.48. The minimum absolute atomic E-state index is 0.196. The number of benzene rings is 2. The van der Waals surface area contributed by atoms with Crippen LogP contribution in [0.3, 0.4) is 0 Å². The number of hydrogen-bond donors (Lipinski definition) is 1. The summed E-state index contributed by atoms with van der Waals surface area (Å²) < 4.78 is 124. The molecule has 0 radical (unpaired) electrons. The standard InChI is InChI=1S/C17H14F7NO4S/c18-15(19)16(20,21)9-28-12-6-11(7-13(8-12)29-10-17(22,23)24)25-30(26,27)14-4-2-1-3-5-14/h1-8,15,25H,9-10H2. The smallest absolute Gasteiger partial charge is 0.422 e. The van der Waals surface area contributed by atoms with E-state index in [1.165, 1.54) is 24.3 Å². The highest BCUT2D eigenvalue weighted by Gasteiger charge is 2.41. The van der Waals surface area contributed by atoms with Gasteiger partial charge in [-0.1, -0.05) is 18.2 Å². The Labute approximate surface area is 166 Å². The van der Waals surface area contributed by atoms with Crippen LogP contribution in [0.4, 0.5) is 36.4 Å². The Morgan fingerprint density at radius 3 is 1.90 bits per heavy atom. The van der Waals surface area contributed by atoms with E-state index in [1.807, 2.05) is 4.72 Å². The highest BCUT2D eigenvalue weighted by atomic mass is 32.2. The van der Waals surface area contributed by atoms with Crippen molar-refractivity contribution < 1.29 is 48.6 Å². The van der Waals surface area contributed by atoms with Crippen molar-refractivity contribution in [3.05, 3.63) is 48.5 Å². The second-order valence-corrected chi connectivity index (χ2v) is 7.55. The van der Waals surface area contributed by atoms with Gasteiger partial charge in [0.25, 0.3) is 10.0 Å². The van der Waals surface area contributed by atoms with E-state index < -0.39 is 58.9 Å². The third-order valence-corrected chi connectivity index (χ3v) is 4.74. The molecule has 0 aliphatic carbocycles. The van der Waals surface area contributed by atoms with Gasteiger partial charge in [0.1, 0.15) is 11.5 Å². The van der Waals surface area contributed by atoms with Crippen LogP contribution in [-0.4, -0.2) is 40.2 Å². The lowest BCUT2D eigenvalue weighted by molar-refractivity contribution is -0.153. The van der Waals surface area contributed by atoms with Crippen molar-refractivity contribution >= 4 is 15.7 Å². The van der Waals surface area contributed by atoms with Gasteiger partial charge in [-0.05, 0) is 12.1 Å². The number of halogens is 7. The number of anilines is 1. The van der Waals surface area contributed by atoms with Gasteiger partial charge >= 0.3 is 18.5 Å². The molecule has 2 aromatic carbocycles. The fourth-order valence-corrected chi connectivity index (χ4v) is 3.08. The van der Waals surface area contributed by atoms with Crippen molar-refractivity contribution in [2.45, 2.75) is 23.4 Å². The summed E-state index contributed by atoms with van der Waals surface area (Å²) in [5, 5.41) is 0. The zero-order valence-electron chi connectivity index (χ0n) is 14.8. The van der Waals surface area contributed by atoms with Crippen molar-refractivity contribution in [2.75, 3.05) is 17.9 Å². The predicted octanol–water partition coefficient (Wildman–Crippen LogP) is 4.71. The predicted molar refractivity (Wildman–Crippen MR) is 91.7 cm³/mol. The lowest BCUT2D eigenvalue weighted by Crippen LogP contribution is -2.33. The van der Waals surface area contributed by atoms with E-state index in [9.17, 15) is 39.2 Å². The molecule has 2 aromatic rings. The summed E-state index contributed by atoms with van der Waals surface area (Å²) in [6.07, 6.45) is -8.79. The summed E-state index contributed by atoms with van der Waals surface area (Å²) in [5.74, 6) is -5.73. The molecule has 30 heavy (non-hydrogen) atoms. The molecule has 0 amide bonds. The van der Waals surface area contributed by atoms with Crippen LogP contribution in [0.2, 0.25) is 0 Å². The van der Waals surface area contributed by atoms with Crippen LogP contribution in [-0.2, 0) is 10.0 Å². The molecule has 0 aliphatic rings. The van der Waals surface area contributed by atoms with Crippen molar-refractivity contribution in [2.24, 2.45) is 0 Å². The molecule has 0 bridgehead atoms. The molecular formula is C17H14F7NO4S. The number of alkyl halides is 7. The van der Waals surface area contributed by atoms with Crippen molar-refractivity contribution in [3.63, 3.8) is 0 Å². The van der Waals surface area contributed by atoms with Crippen LogP contribution in [0.1, 0.15) is 0 Å².